The maximum absolute atomic E-state index is 12.1. The fourth-order valence-electron chi connectivity index (χ4n) is 1.60. The van der Waals surface area contributed by atoms with Crippen LogP contribution in [0.25, 0.3) is 0 Å². The van der Waals surface area contributed by atoms with E-state index in [4.69, 9.17) is 17.3 Å². The van der Waals surface area contributed by atoms with Gasteiger partial charge in [-0.3, -0.25) is 10.1 Å². The second-order valence-corrected chi connectivity index (χ2v) is 6.36. The van der Waals surface area contributed by atoms with Gasteiger partial charge in [-0.1, -0.05) is 11.6 Å². The summed E-state index contributed by atoms with van der Waals surface area (Å²) in [5, 5.41) is 10.5. The zero-order valence-electron chi connectivity index (χ0n) is 11.3. The Kier molecular flexibility index (Phi) is 8.12. The molecule has 120 valence electrons. The van der Waals surface area contributed by atoms with Gasteiger partial charge in [-0.25, -0.2) is 13.1 Å². The lowest BCUT2D eigenvalue weighted by Gasteiger charge is -2.09. The minimum Gasteiger partial charge on any atom is -0.330 e. The van der Waals surface area contributed by atoms with Gasteiger partial charge >= 0.3 is 0 Å². The van der Waals surface area contributed by atoms with Gasteiger partial charge in [0, 0.05) is 12.6 Å². The molecule has 0 bridgehead atoms. The van der Waals surface area contributed by atoms with E-state index in [0.29, 0.717) is 24.9 Å². The number of rotatable bonds is 7. The Labute approximate surface area is 134 Å². The van der Waals surface area contributed by atoms with E-state index in [-0.39, 0.29) is 28.9 Å². The van der Waals surface area contributed by atoms with Crippen LogP contribution in [0.1, 0.15) is 18.4 Å². The highest BCUT2D eigenvalue weighted by atomic mass is 35.5. The number of nitro groups is 1. The van der Waals surface area contributed by atoms with Crippen molar-refractivity contribution in [1.29, 1.82) is 0 Å². The number of unbranched alkanes of at least 4 members (excludes halogenated alkanes) is 1. The first kappa shape index (κ1) is 20.1. The van der Waals surface area contributed by atoms with Crippen LogP contribution in [0.4, 0.5) is 5.69 Å². The predicted molar refractivity (Wildman–Crippen MR) is 83.6 cm³/mol. The van der Waals surface area contributed by atoms with Crippen LogP contribution in [0.3, 0.4) is 0 Å². The molecule has 0 aromatic heterocycles. The van der Waals surface area contributed by atoms with Gasteiger partial charge in [-0.05, 0) is 37.9 Å². The molecule has 3 N–H and O–H groups in total. The van der Waals surface area contributed by atoms with E-state index in [9.17, 15) is 18.5 Å². The lowest BCUT2D eigenvalue weighted by atomic mass is 10.2. The number of nitro benzene ring substituents is 1. The molecule has 0 atom stereocenters. The third-order valence-corrected chi connectivity index (χ3v) is 4.57. The molecule has 0 saturated heterocycles. The van der Waals surface area contributed by atoms with Crippen LogP contribution in [-0.4, -0.2) is 26.4 Å². The Morgan fingerprint density at radius 2 is 2.00 bits per heavy atom. The molecule has 0 aliphatic carbocycles. The highest BCUT2D eigenvalue weighted by Crippen LogP contribution is 2.32. The van der Waals surface area contributed by atoms with Crippen LogP contribution in [0.15, 0.2) is 17.0 Å². The van der Waals surface area contributed by atoms with Crippen LogP contribution >= 0.6 is 24.0 Å². The molecule has 0 aliphatic rings. The van der Waals surface area contributed by atoms with Gasteiger partial charge in [0.25, 0.3) is 5.69 Å². The summed E-state index contributed by atoms with van der Waals surface area (Å²) in [5.74, 6) is 0. The Bertz CT molecular complexity index is 608. The van der Waals surface area contributed by atoms with E-state index in [1.807, 2.05) is 0 Å². The minimum atomic E-state index is -3.88. The van der Waals surface area contributed by atoms with Gasteiger partial charge in [0.2, 0.25) is 10.0 Å². The van der Waals surface area contributed by atoms with E-state index >= 15 is 0 Å². The van der Waals surface area contributed by atoms with Crippen molar-refractivity contribution in [2.24, 2.45) is 5.73 Å². The fourth-order valence-corrected chi connectivity index (χ4v) is 3.33. The minimum absolute atomic E-state index is 0. The van der Waals surface area contributed by atoms with Gasteiger partial charge in [0.15, 0.2) is 0 Å². The van der Waals surface area contributed by atoms with Crippen molar-refractivity contribution in [2.45, 2.75) is 24.7 Å². The first-order valence-corrected chi connectivity index (χ1v) is 7.80. The molecule has 0 aliphatic heterocycles. The lowest BCUT2D eigenvalue weighted by molar-refractivity contribution is -0.385. The SMILES string of the molecule is Cc1cc([N+](=O)[O-])c(Cl)c(S(=O)(=O)NCCCCN)c1.Cl. The van der Waals surface area contributed by atoms with Crippen LogP contribution in [0.2, 0.25) is 5.02 Å². The van der Waals surface area contributed by atoms with Crippen molar-refractivity contribution < 1.29 is 13.3 Å². The fraction of sp³-hybridized carbons (Fsp3) is 0.455. The molecular weight excluding hydrogens is 341 g/mol. The normalized spacial score (nSPS) is 11.0. The van der Waals surface area contributed by atoms with Crippen molar-refractivity contribution in [2.75, 3.05) is 13.1 Å². The second-order valence-electron chi connectivity index (χ2n) is 4.25. The van der Waals surface area contributed by atoms with Crippen molar-refractivity contribution >= 4 is 39.7 Å². The van der Waals surface area contributed by atoms with E-state index in [0.717, 1.165) is 0 Å². The van der Waals surface area contributed by atoms with E-state index < -0.39 is 20.6 Å². The van der Waals surface area contributed by atoms with Gasteiger partial charge < -0.3 is 5.73 Å². The number of hydrogen-bond donors (Lipinski definition) is 2. The monoisotopic (exact) mass is 357 g/mol. The van der Waals surface area contributed by atoms with Crippen LogP contribution < -0.4 is 10.5 Å². The quantitative estimate of drug-likeness (QED) is 0.439. The van der Waals surface area contributed by atoms with Gasteiger partial charge in [0.05, 0.1) is 4.92 Å². The van der Waals surface area contributed by atoms with E-state index in [2.05, 4.69) is 4.72 Å². The Balaban J connectivity index is 0.00000400. The topological polar surface area (TPSA) is 115 Å². The highest BCUT2D eigenvalue weighted by molar-refractivity contribution is 7.89. The molecule has 0 fully saturated rings. The molecule has 0 unspecified atom stereocenters. The van der Waals surface area contributed by atoms with Crippen molar-refractivity contribution in [3.8, 4) is 0 Å². The van der Waals surface area contributed by atoms with Crippen LogP contribution in [0, 0.1) is 17.0 Å². The van der Waals surface area contributed by atoms with Gasteiger partial charge in [-0.15, -0.1) is 12.4 Å². The maximum Gasteiger partial charge on any atom is 0.289 e. The first-order valence-electron chi connectivity index (χ1n) is 5.94. The number of halogens is 2. The molecule has 1 rings (SSSR count). The zero-order chi connectivity index (χ0) is 15.3. The van der Waals surface area contributed by atoms with E-state index in [1.54, 1.807) is 6.92 Å². The third kappa shape index (κ3) is 5.40. The predicted octanol–water partition coefficient (Wildman–Crippen LogP) is 2.00. The van der Waals surface area contributed by atoms with Crippen molar-refractivity contribution in [1.82, 2.24) is 4.72 Å². The molecule has 0 saturated carbocycles. The summed E-state index contributed by atoms with van der Waals surface area (Å²) in [4.78, 5) is 9.86. The molecule has 21 heavy (non-hydrogen) atoms. The highest BCUT2D eigenvalue weighted by Gasteiger charge is 2.25. The Hall–Kier alpha value is -0.930. The molecule has 7 nitrogen and oxygen atoms in total. The molecule has 0 spiro atoms. The molecule has 0 amide bonds. The van der Waals surface area contributed by atoms with Crippen LogP contribution in [-0.2, 0) is 10.0 Å². The summed E-state index contributed by atoms with van der Waals surface area (Å²) in [7, 11) is -3.88. The molecule has 1 aromatic carbocycles. The number of aryl methyl sites for hydroxylation is 1. The Morgan fingerprint density at radius 1 is 1.38 bits per heavy atom. The smallest absolute Gasteiger partial charge is 0.289 e. The van der Waals surface area contributed by atoms with Crippen LogP contribution in [0.5, 0.6) is 0 Å². The standard InChI is InChI=1S/C11H16ClN3O4S.ClH/c1-8-6-9(15(16)17)11(12)10(7-8)20(18,19)14-5-3-2-4-13;/h6-7,14H,2-5,13H2,1H3;1H. The summed E-state index contributed by atoms with van der Waals surface area (Å²) in [6.07, 6.45) is 1.27. The number of sulfonamides is 1. The Morgan fingerprint density at radius 3 is 2.52 bits per heavy atom. The number of nitrogens with two attached hydrogens (primary N) is 1. The average molecular weight is 358 g/mol. The lowest BCUT2D eigenvalue weighted by Crippen LogP contribution is -2.25. The molecule has 0 heterocycles. The number of nitrogens with one attached hydrogen (secondary N) is 1. The molecule has 1 aromatic rings. The largest absolute Gasteiger partial charge is 0.330 e. The summed E-state index contributed by atoms with van der Waals surface area (Å²) in [5.41, 5.74) is 5.34. The van der Waals surface area contributed by atoms with Gasteiger partial charge in [-0.2, -0.15) is 0 Å². The summed E-state index contributed by atoms with van der Waals surface area (Å²) in [6.45, 7) is 2.24. The second kappa shape index (κ2) is 8.50. The summed E-state index contributed by atoms with van der Waals surface area (Å²) >= 11 is 5.82. The molecule has 10 heteroatoms. The maximum atomic E-state index is 12.1. The molecular formula is C11H17Cl2N3O4S. The first-order chi connectivity index (χ1) is 9.29. The van der Waals surface area contributed by atoms with E-state index in [1.165, 1.54) is 12.1 Å². The van der Waals surface area contributed by atoms with Crippen molar-refractivity contribution in [3.05, 3.63) is 32.8 Å². The average Bonchev–Trinajstić information content (AvgIpc) is 2.36. The van der Waals surface area contributed by atoms with Gasteiger partial charge in [0.1, 0.15) is 9.92 Å². The number of hydrogen-bond acceptors (Lipinski definition) is 5. The third-order valence-electron chi connectivity index (χ3n) is 2.57. The summed E-state index contributed by atoms with van der Waals surface area (Å²) < 4.78 is 26.5. The number of benzene rings is 1. The number of nitrogens with zero attached hydrogens (tertiary/aromatic N) is 1. The van der Waals surface area contributed by atoms with Crippen molar-refractivity contribution in [3.63, 3.8) is 0 Å². The summed E-state index contributed by atoms with van der Waals surface area (Å²) in [6, 6.07) is 2.54. The molecule has 0 radical (unpaired) electrons. The zero-order valence-corrected chi connectivity index (χ0v) is 13.7.